The highest BCUT2D eigenvalue weighted by Crippen LogP contribution is 2.37. The molecule has 0 atom stereocenters. The number of hydrogen-bond donors (Lipinski definition) is 1. The van der Waals surface area contributed by atoms with E-state index in [4.69, 9.17) is 44.3 Å². The van der Waals surface area contributed by atoms with Crippen molar-refractivity contribution in [3.8, 4) is 11.5 Å². The van der Waals surface area contributed by atoms with Gasteiger partial charge in [-0.3, -0.25) is 4.79 Å². The van der Waals surface area contributed by atoms with Gasteiger partial charge in [0.15, 0.2) is 11.5 Å². The molecular weight excluding hydrogens is 373 g/mol. The molecule has 0 radical (unpaired) electrons. The van der Waals surface area contributed by atoms with Crippen LogP contribution in [0.15, 0.2) is 30.3 Å². The van der Waals surface area contributed by atoms with Gasteiger partial charge < -0.3 is 14.8 Å². The standard InChI is InChI=1S/C17H16Cl3NO3/c1-3-23-15-8-10(7-13(20)16(15)24-4-2)17(22)21-14-6-5-11(18)9-12(14)19/h5-9H,3-4H2,1-2H3,(H,21,22). The molecule has 2 aromatic carbocycles. The van der Waals surface area contributed by atoms with E-state index >= 15 is 0 Å². The second-order valence-electron chi connectivity index (χ2n) is 4.73. The Morgan fingerprint density at radius 3 is 2.33 bits per heavy atom. The van der Waals surface area contributed by atoms with E-state index in [2.05, 4.69) is 5.32 Å². The number of anilines is 1. The number of nitrogens with one attached hydrogen (secondary N) is 1. The Hall–Kier alpha value is -1.62. The number of rotatable bonds is 6. The van der Waals surface area contributed by atoms with Crippen molar-refractivity contribution in [2.75, 3.05) is 18.5 Å². The summed E-state index contributed by atoms with van der Waals surface area (Å²) in [7, 11) is 0. The van der Waals surface area contributed by atoms with Crippen LogP contribution in [0.5, 0.6) is 11.5 Å². The molecule has 0 aliphatic rings. The monoisotopic (exact) mass is 387 g/mol. The zero-order valence-corrected chi connectivity index (χ0v) is 15.4. The van der Waals surface area contributed by atoms with Crippen LogP contribution in [0.25, 0.3) is 0 Å². The summed E-state index contributed by atoms with van der Waals surface area (Å²) in [5, 5.41) is 3.85. The average molecular weight is 389 g/mol. The summed E-state index contributed by atoms with van der Waals surface area (Å²) in [6.45, 7) is 4.54. The fraction of sp³-hybridized carbons (Fsp3) is 0.235. The molecule has 1 N–H and O–H groups in total. The molecule has 0 aliphatic carbocycles. The lowest BCUT2D eigenvalue weighted by atomic mass is 10.1. The number of carbonyl (C=O) groups is 1. The maximum absolute atomic E-state index is 12.5. The smallest absolute Gasteiger partial charge is 0.255 e. The number of carbonyl (C=O) groups excluding carboxylic acids is 1. The lowest BCUT2D eigenvalue weighted by Crippen LogP contribution is -2.13. The molecule has 0 saturated carbocycles. The van der Waals surface area contributed by atoms with E-state index in [1.54, 1.807) is 24.3 Å². The third-order valence-electron chi connectivity index (χ3n) is 3.04. The molecule has 0 saturated heterocycles. The molecular formula is C17H16Cl3NO3. The van der Waals surface area contributed by atoms with Crippen LogP contribution in [-0.4, -0.2) is 19.1 Å². The summed E-state index contributed by atoms with van der Waals surface area (Å²) in [6.07, 6.45) is 0. The van der Waals surface area contributed by atoms with Crippen LogP contribution in [0, 0.1) is 0 Å². The first-order valence-electron chi connectivity index (χ1n) is 7.31. The summed E-state index contributed by atoms with van der Waals surface area (Å²) >= 11 is 18.1. The Kier molecular flexibility index (Phi) is 6.60. The van der Waals surface area contributed by atoms with Crippen molar-refractivity contribution in [2.45, 2.75) is 13.8 Å². The van der Waals surface area contributed by atoms with Crippen LogP contribution in [0.4, 0.5) is 5.69 Å². The van der Waals surface area contributed by atoms with Gasteiger partial charge in [0.05, 0.1) is 28.9 Å². The quantitative estimate of drug-likeness (QED) is 0.691. The summed E-state index contributed by atoms with van der Waals surface area (Å²) in [5.74, 6) is 0.464. The van der Waals surface area contributed by atoms with E-state index in [0.29, 0.717) is 51.0 Å². The first kappa shape index (κ1) is 18.7. The fourth-order valence-electron chi connectivity index (χ4n) is 2.03. The maximum atomic E-state index is 12.5. The van der Waals surface area contributed by atoms with Gasteiger partial charge in [0.1, 0.15) is 0 Å². The first-order valence-corrected chi connectivity index (χ1v) is 8.45. The SMILES string of the molecule is CCOc1cc(C(=O)Nc2ccc(Cl)cc2Cl)cc(Cl)c1OCC. The second-order valence-corrected chi connectivity index (χ2v) is 5.98. The number of amides is 1. The molecule has 0 bridgehead atoms. The van der Waals surface area contributed by atoms with Gasteiger partial charge in [-0.2, -0.15) is 0 Å². The molecule has 0 unspecified atom stereocenters. The zero-order valence-electron chi connectivity index (χ0n) is 13.2. The molecule has 2 rings (SSSR count). The van der Waals surface area contributed by atoms with Crippen molar-refractivity contribution in [1.29, 1.82) is 0 Å². The van der Waals surface area contributed by atoms with Gasteiger partial charge in [-0.05, 0) is 44.2 Å². The second kappa shape index (κ2) is 8.47. The Balaban J connectivity index is 2.31. The van der Waals surface area contributed by atoms with Crippen molar-refractivity contribution in [3.63, 3.8) is 0 Å². The van der Waals surface area contributed by atoms with Crippen molar-refractivity contribution in [2.24, 2.45) is 0 Å². The fourth-order valence-corrected chi connectivity index (χ4v) is 2.75. The molecule has 4 nitrogen and oxygen atoms in total. The average Bonchev–Trinajstić information content (AvgIpc) is 2.53. The van der Waals surface area contributed by atoms with E-state index in [9.17, 15) is 4.79 Å². The van der Waals surface area contributed by atoms with Crippen molar-refractivity contribution < 1.29 is 14.3 Å². The van der Waals surface area contributed by atoms with Gasteiger partial charge in [-0.15, -0.1) is 0 Å². The minimum absolute atomic E-state index is 0.301. The van der Waals surface area contributed by atoms with Gasteiger partial charge in [-0.25, -0.2) is 0 Å². The van der Waals surface area contributed by atoms with E-state index in [1.807, 2.05) is 13.8 Å². The Morgan fingerprint density at radius 1 is 1.00 bits per heavy atom. The molecule has 0 aromatic heterocycles. The van der Waals surface area contributed by atoms with Gasteiger partial charge in [-0.1, -0.05) is 34.8 Å². The van der Waals surface area contributed by atoms with E-state index in [-0.39, 0.29) is 5.91 Å². The molecule has 0 heterocycles. The Bertz CT molecular complexity index is 750. The predicted molar refractivity (Wildman–Crippen MR) is 98.2 cm³/mol. The van der Waals surface area contributed by atoms with Gasteiger partial charge >= 0.3 is 0 Å². The number of hydrogen-bond acceptors (Lipinski definition) is 3. The van der Waals surface area contributed by atoms with Crippen molar-refractivity contribution >= 4 is 46.4 Å². The molecule has 1 amide bonds. The topological polar surface area (TPSA) is 47.6 Å². The molecule has 2 aromatic rings. The molecule has 0 aliphatic heterocycles. The normalized spacial score (nSPS) is 10.4. The van der Waals surface area contributed by atoms with E-state index < -0.39 is 0 Å². The Morgan fingerprint density at radius 2 is 1.71 bits per heavy atom. The zero-order chi connectivity index (χ0) is 17.7. The van der Waals surface area contributed by atoms with Crippen LogP contribution in [-0.2, 0) is 0 Å². The third-order valence-corrected chi connectivity index (χ3v) is 3.87. The highest BCUT2D eigenvalue weighted by atomic mass is 35.5. The third kappa shape index (κ3) is 4.47. The largest absolute Gasteiger partial charge is 0.490 e. The van der Waals surface area contributed by atoms with Crippen LogP contribution in [0.2, 0.25) is 15.1 Å². The van der Waals surface area contributed by atoms with Gasteiger partial charge in [0.25, 0.3) is 5.91 Å². The van der Waals surface area contributed by atoms with Crippen LogP contribution in [0.3, 0.4) is 0 Å². The first-order chi connectivity index (χ1) is 11.5. The molecule has 7 heteroatoms. The summed E-state index contributed by atoms with van der Waals surface area (Å²) in [5.41, 5.74) is 0.784. The summed E-state index contributed by atoms with van der Waals surface area (Å²) in [4.78, 5) is 12.5. The lowest BCUT2D eigenvalue weighted by Gasteiger charge is -2.14. The maximum Gasteiger partial charge on any atom is 0.255 e. The van der Waals surface area contributed by atoms with Crippen molar-refractivity contribution in [3.05, 3.63) is 51.0 Å². The van der Waals surface area contributed by atoms with Gasteiger partial charge in [0, 0.05) is 10.6 Å². The number of halogens is 3. The minimum atomic E-state index is -0.370. The number of ether oxygens (including phenoxy) is 2. The van der Waals surface area contributed by atoms with Crippen LogP contribution >= 0.6 is 34.8 Å². The van der Waals surface area contributed by atoms with E-state index in [0.717, 1.165) is 0 Å². The van der Waals surface area contributed by atoms with Gasteiger partial charge in [0.2, 0.25) is 0 Å². The van der Waals surface area contributed by atoms with Crippen molar-refractivity contribution in [1.82, 2.24) is 0 Å². The predicted octanol–water partition coefficient (Wildman–Crippen LogP) is 5.70. The van der Waals surface area contributed by atoms with Crippen LogP contribution < -0.4 is 14.8 Å². The molecule has 0 fully saturated rings. The van der Waals surface area contributed by atoms with E-state index in [1.165, 1.54) is 6.07 Å². The lowest BCUT2D eigenvalue weighted by molar-refractivity contribution is 0.102. The molecule has 0 spiro atoms. The molecule has 128 valence electrons. The summed E-state index contributed by atoms with van der Waals surface area (Å²) < 4.78 is 11.0. The highest BCUT2D eigenvalue weighted by molar-refractivity contribution is 6.37. The highest BCUT2D eigenvalue weighted by Gasteiger charge is 2.17. The minimum Gasteiger partial charge on any atom is -0.490 e. The van der Waals surface area contributed by atoms with Crippen LogP contribution in [0.1, 0.15) is 24.2 Å². The number of benzene rings is 2. The molecule has 24 heavy (non-hydrogen) atoms. The summed E-state index contributed by atoms with van der Waals surface area (Å²) in [6, 6.07) is 7.92. The Labute approximate surface area is 155 Å².